The number of imide groups is 1. The minimum Gasteiger partial charge on any atom is -0.456 e. The molecule has 1 saturated heterocycles. The number of allylic oxidation sites excluding steroid dienone is 2. The van der Waals surface area contributed by atoms with Crippen LogP contribution in [0.4, 0.5) is 5.69 Å². The number of benzene rings is 1. The fraction of sp³-hybridized carbons (Fsp3) is 0.455. The average molecular weight is 396 g/mol. The van der Waals surface area contributed by atoms with E-state index in [1.165, 1.54) is 11.1 Å². The Hall–Kier alpha value is -2.96. The summed E-state index contributed by atoms with van der Waals surface area (Å²) in [5.41, 5.74) is 3.25. The number of likely N-dealkylation sites (tertiary alicyclic amines) is 1. The molecule has 0 spiro atoms. The Morgan fingerprint density at radius 2 is 1.72 bits per heavy atom. The fourth-order valence-electron chi connectivity index (χ4n) is 4.36. The van der Waals surface area contributed by atoms with Crippen molar-refractivity contribution in [1.82, 2.24) is 4.90 Å². The summed E-state index contributed by atoms with van der Waals surface area (Å²) in [5, 5.41) is 2.73. The summed E-state index contributed by atoms with van der Waals surface area (Å²) in [6.45, 7) is -0.400. The van der Waals surface area contributed by atoms with Gasteiger partial charge in [0.05, 0.1) is 18.3 Å². The molecule has 7 heteroatoms. The van der Waals surface area contributed by atoms with Crippen LogP contribution in [0.5, 0.6) is 0 Å². The number of nitrogens with zero attached hydrogens (tertiary/aromatic N) is 1. The molecule has 0 radical (unpaired) electrons. The second-order valence-corrected chi connectivity index (χ2v) is 7.78. The molecule has 1 aliphatic heterocycles. The molecular formula is C22H24N2O5. The Morgan fingerprint density at radius 1 is 1.03 bits per heavy atom. The van der Waals surface area contributed by atoms with Crippen molar-refractivity contribution in [3.63, 3.8) is 0 Å². The highest BCUT2D eigenvalue weighted by atomic mass is 16.5. The molecule has 4 rings (SSSR count). The lowest BCUT2D eigenvalue weighted by Crippen LogP contribution is -2.33. The molecular weight excluding hydrogens is 372 g/mol. The van der Waals surface area contributed by atoms with E-state index in [0.717, 1.165) is 24.2 Å². The highest BCUT2D eigenvalue weighted by Crippen LogP contribution is 2.35. The maximum Gasteiger partial charge on any atom is 0.308 e. The van der Waals surface area contributed by atoms with E-state index in [2.05, 4.69) is 5.32 Å². The van der Waals surface area contributed by atoms with Crippen molar-refractivity contribution in [3.05, 3.63) is 41.5 Å². The minimum atomic E-state index is -0.609. The molecule has 7 nitrogen and oxygen atoms in total. The van der Waals surface area contributed by atoms with Crippen LogP contribution in [0.1, 0.15) is 36.8 Å². The standard InChI is InChI=1S/C22H24N2O5/c25-19(23-16-9-8-14-4-3-5-15(14)12-16)13-29-20(26)10-11-24-21(27)17-6-1-2-7-18(17)22(24)28/h1-2,8-9,12,17-18H,3-7,10-11,13H2,(H,23,25). The molecule has 1 heterocycles. The van der Waals surface area contributed by atoms with Crippen molar-refractivity contribution < 1.29 is 23.9 Å². The Morgan fingerprint density at radius 3 is 2.45 bits per heavy atom. The van der Waals surface area contributed by atoms with E-state index in [-0.39, 0.29) is 36.6 Å². The molecule has 29 heavy (non-hydrogen) atoms. The van der Waals surface area contributed by atoms with Crippen molar-refractivity contribution in [2.45, 2.75) is 38.5 Å². The molecule has 2 atom stereocenters. The second kappa shape index (κ2) is 8.19. The molecule has 2 aliphatic carbocycles. The molecule has 3 aliphatic rings. The Labute approximate surface area is 169 Å². The van der Waals surface area contributed by atoms with Crippen LogP contribution >= 0.6 is 0 Å². The number of anilines is 1. The van der Waals surface area contributed by atoms with Gasteiger partial charge in [-0.3, -0.25) is 24.1 Å². The van der Waals surface area contributed by atoms with Gasteiger partial charge in [0.2, 0.25) is 11.8 Å². The summed E-state index contributed by atoms with van der Waals surface area (Å²) in [6, 6.07) is 5.82. The molecule has 0 saturated carbocycles. The van der Waals surface area contributed by atoms with Crippen molar-refractivity contribution in [2.75, 3.05) is 18.5 Å². The van der Waals surface area contributed by atoms with Gasteiger partial charge >= 0.3 is 5.97 Å². The first-order valence-corrected chi connectivity index (χ1v) is 10.1. The fourth-order valence-corrected chi connectivity index (χ4v) is 4.36. The van der Waals surface area contributed by atoms with E-state index < -0.39 is 18.5 Å². The summed E-state index contributed by atoms with van der Waals surface area (Å²) in [7, 11) is 0. The van der Waals surface area contributed by atoms with E-state index >= 15 is 0 Å². The number of carbonyl (C=O) groups excluding carboxylic acids is 4. The van der Waals surface area contributed by atoms with Gasteiger partial charge in [-0.1, -0.05) is 18.2 Å². The number of aryl methyl sites for hydroxylation is 2. The van der Waals surface area contributed by atoms with Gasteiger partial charge in [0.1, 0.15) is 0 Å². The van der Waals surface area contributed by atoms with Gasteiger partial charge in [0, 0.05) is 12.2 Å². The van der Waals surface area contributed by atoms with E-state index in [4.69, 9.17) is 4.74 Å². The molecule has 0 bridgehead atoms. The minimum absolute atomic E-state index is 0.00403. The van der Waals surface area contributed by atoms with Crippen molar-refractivity contribution in [1.29, 1.82) is 0 Å². The van der Waals surface area contributed by atoms with Crippen molar-refractivity contribution >= 4 is 29.4 Å². The van der Waals surface area contributed by atoms with E-state index in [1.807, 2.05) is 30.4 Å². The number of fused-ring (bicyclic) bond motifs is 2. The quantitative estimate of drug-likeness (QED) is 0.451. The first-order chi connectivity index (χ1) is 14.0. The first kappa shape index (κ1) is 19.4. The van der Waals surface area contributed by atoms with Crippen LogP contribution < -0.4 is 5.32 Å². The number of esters is 1. The monoisotopic (exact) mass is 396 g/mol. The van der Waals surface area contributed by atoms with Crippen LogP contribution in [-0.4, -0.2) is 41.7 Å². The lowest BCUT2D eigenvalue weighted by molar-refractivity contribution is -0.148. The SMILES string of the molecule is O=C(COC(=O)CCN1C(=O)C2CC=CCC2C1=O)Nc1ccc2c(c1)CCC2. The number of amides is 3. The van der Waals surface area contributed by atoms with Crippen LogP contribution in [-0.2, 0) is 36.8 Å². The van der Waals surface area contributed by atoms with Crippen LogP contribution in [0.15, 0.2) is 30.4 Å². The highest BCUT2D eigenvalue weighted by molar-refractivity contribution is 6.05. The number of ether oxygens (including phenoxy) is 1. The predicted octanol–water partition coefficient (Wildman–Crippen LogP) is 2.00. The van der Waals surface area contributed by atoms with E-state index in [1.54, 1.807) is 0 Å². The van der Waals surface area contributed by atoms with E-state index in [9.17, 15) is 19.2 Å². The highest BCUT2D eigenvalue weighted by Gasteiger charge is 2.46. The summed E-state index contributed by atoms with van der Waals surface area (Å²) in [6.07, 6.45) is 8.08. The van der Waals surface area contributed by atoms with Crippen LogP contribution in [0.25, 0.3) is 0 Å². The summed E-state index contributed by atoms with van der Waals surface area (Å²) < 4.78 is 5.01. The van der Waals surface area contributed by atoms with Gasteiger partial charge < -0.3 is 10.1 Å². The number of carbonyl (C=O) groups is 4. The van der Waals surface area contributed by atoms with Gasteiger partial charge in [-0.15, -0.1) is 0 Å². The topological polar surface area (TPSA) is 92.8 Å². The molecule has 1 aromatic rings. The Balaban J connectivity index is 1.21. The van der Waals surface area contributed by atoms with Crippen LogP contribution in [0.2, 0.25) is 0 Å². The zero-order chi connectivity index (χ0) is 20.4. The average Bonchev–Trinajstić information content (AvgIpc) is 3.28. The second-order valence-electron chi connectivity index (χ2n) is 7.78. The van der Waals surface area contributed by atoms with Crippen molar-refractivity contribution in [2.24, 2.45) is 11.8 Å². The number of rotatable bonds is 6. The van der Waals surface area contributed by atoms with Crippen LogP contribution in [0.3, 0.4) is 0 Å². The molecule has 3 amide bonds. The lowest BCUT2D eigenvalue weighted by atomic mass is 9.85. The third kappa shape index (κ3) is 4.09. The van der Waals surface area contributed by atoms with Gasteiger partial charge in [-0.25, -0.2) is 0 Å². The van der Waals surface area contributed by atoms with Gasteiger partial charge in [-0.2, -0.15) is 0 Å². The predicted molar refractivity (Wildman–Crippen MR) is 105 cm³/mol. The Kier molecular flexibility index (Phi) is 5.47. The lowest BCUT2D eigenvalue weighted by Gasteiger charge is -2.14. The largest absolute Gasteiger partial charge is 0.456 e. The zero-order valence-electron chi connectivity index (χ0n) is 16.2. The summed E-state index contributed by atoms with van der Waals surface area (Å²) in [5.74, 6) is -2.06. The van der Waals surface area contributed by atoms with E-state index in [0.29, 0.717) is 18.5 Å². The first-order valence-electron chi connectivity index (χ1n) is 10.1. The molecule has 1 N–H and O–H groups in total. The maximum absolute atomic E-state index is 12.4. The molecule has 0 aromatic heterocycles. The number of nitrogens with one attached hydrogen (secondary N) is 1. The summed E-state index contributed by atoms with van der Waals surface area (Å²) >= 11 is 0. The molecule has 1 aromatic carbocycles. The van der Waals surface area contributed by atoms with Gasteiger partial charge in [0.15, 0.2) is 6.61 Å². The maximum atomic E-state index is 12.4. The van der Waals surface area contributed by atoms with Gasteiger partial charge in [0.25, 0.3) is 5.91 Å². The zero-order valence-corrected chi connectivity index (χ0v) is 16.2. The molecule has 152 valence electrons. The number of hydrogen-bond acceptors (Lipinski definition) is 5. The van der Waals surface area contributed by atoms with Gasteiger partial charge in [-0.05, 0) is 55.4 Å². The third-order valence-corrected chi connectivity index (χ3v) is 5.88. The normalized spacial score (nSPS) is 22.4. The van der Waals surface area contributed by atoms with Crippen LogP contribution in [0, 0.1) is 11.8 Å². The number of hydrogen-bond donors (Lipinski definition) is 1. The third-order valence-electron chi connectivity index (χ3n) is 5.88. The summed E-state index contributed by atoms with van der Waals surface area (Å²) in [4.78, 5) is 49.9. The molecule has 2 unspecified atom stereocenters. The van der Waals surface area contributed by atoms with Crippen molar-refractivity contribution in [3.8, 4) is 0 Å². The smallest absolute Gasteiger partial charge is 0.308 e. The molecule has 1 fully saturated rings. The Bertz CT molecular complexity index is 865.